The maximum absolute atomic E-state index is 14.4. The lowest BCUT2D eigenvalue weighted by molar-refractivity contribution is -0.192. The van der Waals surface area contributed by atoms with Crippen LogP contribution in [0, 0.1) is 0 Å². The predicted molar refractivity (Wildman–Crippen MR) is 194 cm³/mol. The number of phenolic OH excluding ortho intramolecular Hbond substituents is 1. The normalized spacial score (nSPS) is 18.6. The molecule has 1 fully saturated rings. The molecule has 0 aliphatic carbocycles. The summed E-state index contributed by atoms with van der Waals surface area (Å²) in [6, 6.07) is 7.08. The molecular weight excluding hydrogens is 785 g/mol. The second kappa shape index (κ2) is 15.0. The molecular formula is C30H30N12O10S3. The number of nitrogens with zero attached hydrogens (tertiary/aromatic N) is 7. The molecule has 1 unspecified atom stereocenters. The van der Waals surface area contributed by atoms with E-state index in [0.717, 1.165) is 41.7 Å². The van der Waals surface area contributed by atoms with E-state index in [0.29, 0.717) is 21.3 Å². The number of primary amides is 1. The summed E-state index contributed by atoms with van der Waals surface area (Å²) in [6.07, 6.45) is 0.950. The van der Waals surface area contributed by atoms with Crippen LogP contribution in [0.3, 0.4) is 0 Å². The number of nitrogens with two attached hydrogens (primary N) is 2. The van der Waals surface area contributed by atoms with Gasteiger partial charge in [-0.1, -0.05) is 23.9 Å². The van der Waals surface area contributed by atoms with E-state index in [9.17, 15) is 42.6 Å². The zero-order chi connectivity index (χ0) is 39.8. The number of benzene rings is 2. The number of nitrogens with one attached hydrogen (secondary N) is 3. The molecule has 0 radical (unpaired) electrons. The number of tetrazole rings is 1. The number of ether oxygens (including phenoxy) is 1. The number of hydrogen-bond donors (Lipinski definition) is 7. The number of aryl methyl sites for hydroxylation is 1. The molecule has 4 aromatic rings. The van der Waals surface area contributed by atoms with Crippen LogP contribution in [0.15, 0.2) is 80.8 Å². The third kappa shape index (κ3) is 7.41. The summed E-state index contributed by atoms with van der Waals surface area (Å²) in [4.78, 5) is 75.4. The fraction of sp³-hybridized carbons (Fsp3) is 0.233. The monoisotopic (exact) mass is 814 g/mol. The fourth-order valence-electron chi connectivity index (χ4n) is 5.75. The number of sulfonamides is 1. The van der Waals surface area contributed by atoms with Crippen LogP contribution in [0.5, 0.6) is 5.75 Å². The first-order valence-electron chi connectivity index (χ1n) is 15.6. The first-order chi connectivity index (χ1) is 26.0. The van der Waals surface area contributed by atoms with Crippen molar-refractivity contribution in [1.29, 1.82) is 0 Å². The van der Waals surface area contributed by atoms with Crippen LogP contribution in [0.25, 0.3) is 0 Å². The van der Waals surface area contributed by atoms with Crippen LogP contribution in [0.1, 0.15) is 11.6 Å². The molecule has 9 N–H and O–H groups in total. The van der Waals surface area contributed by atoms with Gasteiger partial charge >= 0.3 is 12.0 Å². The maximum atomic E-state index is 14.4. The average molecular weight is 815 g/mol. The van der Waals surface area contributed by atoms with E-state index < -0.39 is 62.2 Å². The molecule has 4 amide bonds. The highest BCUT2D eigenvalue weighted by atomic mass is 32.2. The highest BCUT2D eigenvalue weighted by Gasteiger charge is 2.67. The van der Waals surface area contributed by atoms with E-state index in [1.807, 2.05) is 0 Å². The number of aromatic amines is 1. The minimum atomic E-state index is -3.96. The molecule has 0 spiro atoms. The van der Waals surface area contributed by atoms with Crippen molar-refractivity contribution in [3.05, 3.63) is 81.9 Å². The number of carbonyl (C=O) groups excluding carboxylic acids is 3. The van der Waals surface area contributed by atoms with Crippen molar-refractivity contribution in [2.45, 2.75) is 27.2 Å². The summed E-state index contributed by atoms with van der Waals surface area (Å²) < 4.78 is 30.2. The fourth-order valence-corrected chi connectivity index (χ4v) is 8.69. The van der Waals surface area contributed by atoms with Crippen molar-refractivity contribution < 1.29 is 42.5 Å². The minimum absolute atomic E-state index is 0.0283. The van der Waals surface area contributed by atoms with E-state index >= 15 is 0 Å². The van der Waals surface area contributed by atoms with Crippen LogP contribution in [0.4, 0.5) is 22.1 Å². The Morgan fingerprint density at radius 1 is 1.18 bits per heavy atom. The number of β-lactam (4-membered cyclic amide) rings is 1. The van der Waals surface area contributed by atoms with Gasteiger partial charge in [0, 0.05) is 31.4 Å². The molecule has 0 bridgehead atoms. The van der Waals surface area contributed by atoms with Crippen molar-refractivity contribution in [3.63, 3.8) is 0 Å². The summed E-state index contributed by atoms with van der Waals surface area (Å²) in [5.41, 5.74) is 2.59. The molecule has 2 aromatic heterocycles. The first kappa shape index (κ1) is 38.7. The zero-order valence-electron chi connectivity index (χ0n) is 28.4. The summed E-state index contributed by atoms with van der Waals surface area (Å²) in [6.45, 7) is 0. The second-order valence-corrected chi connectivity index (χ2v) is 15.3. The van der Waals surface area contributed by atoms with Gasteiger partial charge in [-0.3, -0.25) is 29.2 Å². The molecule has 25 heteroatoms. The number of amides is 4. The van der Waals surface area contributed by atoms with Crippen molar-refractivity contribution in [1.82, 2.24) is 40.4 Å². The van der Waals surface area contributed by atoms with Crippen LogP contribution >= 0.6 is 23.5 Å². The number of carboxylic acids is 1. The van der Waals surface area contributed by atoms with Crippen molar-refractivity contribution in [2.75, 3.05) is 28.8 Å². The Kier molecular flexibility index (Phi) is 10.6. The molecule has 1 saturated heterocycles. The number of anilines is 3. The number of rotatable bonds is 13. The van der Waals surface area contributed by atoms with Gasteiger partial charge in [-0.25, -0.2) is 32.8 Å². The average Bonchev–Trinajstić information content (AvgIpc) is 3.55. The van der Waals surface area contributed by atoms with Crippen LogP contribution in [-0.4, -0.2) is 107 Å². The van der Waals surface area contributed by atoms with Gasteiger partial charge in [-0.05, 0) is 58.0 Å². The Balaban J connectivity index is 1.30. The highest BCUT2D eigenvalue weighted by molar-refractivity contribution is 8.01. The van der Waals surface area contributed by atoms with Gasteiger partial charge in [0.1, 0.15) is 28.5 Å². The SMILES string of the molecule is CO[C@]1(NC(=O)C(c2ccc(O)cc2)N(C(N)=O)c2cnc(Nc3ccc(S(N)(=O)=O)cc3)[nH]c2=O)C(=O)N2C(C(=O)O)=C(CSc3nnnn3C)CS[C@H]21. The summed E-state index contributed by atoms with van der Waals surface area (Å²) >= 11 is 2.28. The van der Waals surface area contributed by atoms with Gasteiger partial charge in [0.15, 0.2) is 0 Å². The number of aliphatic carboxylic acids is 1. The third-order valence-corrected chi connectivity index (χ3v) is 11.7. The zero-order valence-corrected chi connectivity index (χ0v) is 30.9. The molecule has 2 aliphatic heterocycles. The number of aromatic nitrogens is 6. The van der Waals surface area contributed by atoms with Gasteiger partial charge in [0.05, 0.1) is 11.1 Å². The Morgan fingerprint density at radius 3 is 2.44 bits per heavy atom. The molecule has 4 heterocycles. The lowest BCUT2D eigenvalue weighted by Crippen LogP contribution is -2.81. The number of carbonyl (C=O) groups is 4. The molecule has 288 valence electrons. The van der Waals surface area contributed by atoms with Crippen molar-refractivity contribution in [3.8, 4) is 5.75 Å². The number of methoxy groups -OCH3 is 1. The molecule has 2 aliphatic rings. The predicted octanol–water partition coefficient (Wildman–Crippen LogP) is -0.479. The van der Waals surface area contributed by atoms with Gasteiger partial charge in [0.2, 0.25) is 21.1 Å². The molecule has 2 aromatic carbocycles. The van der Waals surface area contributed by atoms with Gasteiger partial charge < -0.3 is 31.3 Å². The number of H-pyrrole nitrogens is 1. The summed E-state index contributed by atoms with van der Waals surface area (Å²) in [5.74, 6) is -3.50. The number of phenols is 1. The molecule has 3 atom stereocenters. The van der Waals surface area contributed by atoms with Gasteiger partial charge in [-0.2, -0.15) is 0 Å². The molecule has 22 nitrogen and oxygen atoms in total. The van der Waals surface area contributed by atoms with E-state index in [-0.39, 0.29) is 39.4 Å². The minimum Gasteiger partial charge on any atom is -0.508 e. The first-order valence-corrected chi connectivity index (χ1v) is 19.1. The number of fused-ring (bicyclic) bond motifs is 1. The van der Waals surface area contributed by atoms with E-state index in [1.54, 1.807) is 7.05 Å². The molecule has 55 heavy (non-hydrogen) atoms. The number of aromatic hydroxyl groups is 1. The number of thioether (sulfide) groups is 2. The Hall–Kier alpha value is -6.02. The van der Waals surface area contributed by atoms with E-state index in [2.05, 4.69) is 36.1 Å². The van der Waals surface area contributed by atoms with Gasteiger partial charge in [-0.15, -0.1) is 16.9 Å². The number of carboxylic acid groups (broad SMARTS) is 1. The van der Waals surface area contributed by atoms with Gasteiger partial charge in [0.25, 0.3) is 23.1 Å². The Morgan fingerprint density at radius 2 is 1.87 bits per heavy atom. The maximum Gasteiger partial charge on any atom is 0.352 e. The standard InChI is InChI=1S/C30H30N12O10S3/c1-40-29(37-38-39-40)54-13-15-12-53-26-30(52-2,25(48)42(26)21(15)24(46)47)36-23(45)20(14-3-7-17(43)8-4-14)41(27(31)49)19-11-33-28(35-22(19)44)34-16-5-9-18(10-6-16)55(32,50)51/h3-11,20,26,43H,12-13H2,1-2H3,(H2,31,49)(H,36,45)(H,46,47)(H2,32,50,51)(H2,33,34,35,44)/t20?,26-,30+/m0/s1. The smallest absolute Gasteiger partial charge is 0.352 e. The summed E-state index contributed by atoms with van der Waals surface area (Å²) in [5, 5.41) is 41.1. The number of hydrogen-bond acceptors (Lipinski definition) is 16. The van der Waals surface area contributed by atoms with E-state index in [1.165, 1.54) is 53.2 Å². The van der Waals surface area contributed by atoms with Crippen LogP contribution in [0.2, 0.25) is 0 Å². The number of primary sulfonamides is 1. The lowest BCUT2D eigenvalue weighted by atomic mass is 9.96. The quantitative estimate of drug-likeness (QED) is 0.0509. The van der Waals surface area contributed by atoms with E-state index in [4.69, 9.17) is 15.6 Å². The topological polar surface area (TPSA) is 324 Å². The summed E-state index contributed by atoms with van der Waals surface area (Å²) in [7, 11) is -1.21. The number of urea groups is 1. The van der Waals surface area contributed by atoms with Crippen molar-refractivity contribution >= 4 is 74.7 Å². The third-order valence-electron chi connectivity index (χ3n) is 8.34. The molecule has 6 rings (SSSR count). The molecule has 0 saturated carbocycles. The van der Waals surface area contributed by atoms with Crippen LogP contribution in [-0.2, 0) is 36.2 Å². The Bertz CT molecular complexity index is 2390. The lowest BCUT2D eigenvalue weighted by Gasteiger charge is -2.56. The Labute approximate surface area is 318 Å². The van der Waals surface area contributed by atoms with Crippen molar-refractivity contribution in [2.24, 2.45) is 17.9 Å². The highest BCUT2D eigenvalue weighted by Crippen LogP contribution is 2.47. The van der Waals surface area contributed by atoms with Crippen LogP contribution < -0.4 is 32.0 Å². The second-order valence-electron chi connectivity index (χ2n) is 11.7. The largest absolute Gasteiger partial charge is 0.508 e.